The van der Waals surface area contributed by atoms with Crippen LogP contribution in [0.5, 0.6) is 0 Å². The van der Waals surface area contributed by atoms with Crippen molar-refractivity contribution in [2.45, 2.75) is 33.4 Å². The fourth-order valence-corrected chi connectivity index (χ4v) is 4.46. The number of hydrogen-bond donors (Lipinski definition) is 2. The van der Waals surface area contributed by atoms with Crippen LogP contribution in [0, 0.1) is 6.92 Å². The zero-order valence-corrected chi connectivity index (χ0v) is 22.3. The fourth-order valence-electron chi connectivity index (χ4n) is 4.46. The van der Waals surface area contributed by atoms with Gasteiger partial charge < -0.3 is 14.7 Å². The van der Waals surface area contributed by atoms with Crippen molar-refractivity contribution >= 4 is 17.5 Å². The van der Waals surface area contributed by atoms with Gasteiger partial charge in [0.25, 0.3) is 11.8 Å². The summed E-state index contributed by atoms with van der Waals surface area (Å²) in [5.41, 5.74) is 4.31. The quantitative estimate of drug-likeness (QED) is 0.337. The van der Waals surface area contributed by atoms with Gasteiger partial charge in [0.2, 0.25) is 11.7 Å². The predicted octanol–water partition coefficient (Wildman–Crippen LogP) is 2.90. The molecule has 0 saturated heterocycles. The number of anilines is 1. The normalized spacial score (nSPS) is 13.1. The zero-order valence-electron chi connectivity index (χ0n) is 22.3. The van der Waals surface area contributed by atoms with Gasteiger partial charge in [0.1, 0.15) is 0 Å². The Hall–Kier alpha value is -3.74. The maximum atomic E-state index is 13.3. The van der Waals surface area contributed by atoms with Gasteiger partial charge in [-0.3, -0.25) is 19.9 Å². The molecule has 1 aliphatic rings. The number of carbonyl (C=O) groups excluding carboxylic acids is 2. The third kappa shape index (κ3) is 6.83. The maximum Gasteiger partial charge on any atom is 0.315 e. The van der Waals surface area contributed by atoms with E-state index in [9.17, 15) is 18.4 Å². The number of hydrogen-bond acceptors (Lipinski definition) is 8. The Balaban J connectivity index is 1.37. The minimum Gasteiger partial charge on any atom is -0.333 e. The van der Waals surface area contributed by atoms with E-state index < -0.39 is 12.3 Å². The van der Waals surface area contributed by atoms with Crippen LogP contribution in [0.1, 0.15) is 35.9 Å². The van der Waals surface area contributed by atoms with Crippen molar-refractivity contribution in [2.75, 3.05) is 44.7 Å². The number of nitrogens with zero attached hydrogens (tertiary/aromatic N) is 5. The van der Waals surface area contributed by atoms with Crippen molar-refractivity contribution in [3.05, 3.63) is 65.0 Å². The summed E-state index contributed by atoms with van der Waals surface area (Å²) in [5, 5.41) is 13.4. The first-order valence-electron chi connectivity index (χ1n) is 12.8. The second kappa shape index (κ2) is 12.9. The van der Waals surface area contributed by atoms with Gasteiger partial charge in [-0.1, -0.05) is 36.3 Å². The average Bonchev–Trinajstić information content (AvgIpc) is 3.59. The van der Waals surface area contributed by atoms with Crippen molar-refractivity contribution in [1.29, 1.82) is 0 Å². The second-order valence-corrected chi connectivity index (χ2v) is 9.27. The molecule has 3 aromatic rings. The third-order valence-corrected chi connectivity index (χ3v) is 6.60. The molecule has 2 aromatic carbocycles. The summed E-state index contributed by atoms with van der Waals surface area (Å²) in [6.45, 7) is 6.84. The van der Waals surface area contributed by atoms with Crippen LogP contribution in [0.3, 0.4) is 0 Å². The maximum absolute atomic E-state index is 13.3. The molecule has 4 rings (SSSR count). The second-order valence-electron chi connectivity index (χ2n) is 9.27. The lowest BCUT2D eigenvalue weighted by molar-refractivity contribution is -0.145. The lowest BCUT2D eigenvalue weighted by Gasteiger charge is -2.28. The standard InChI is InChI=1S/C27H33F2N7O3/c1-4-30-11-12-36(22-10-9-19(13-18(22)2)26-32-27(25(28)29)39-33-26)24(38)15-31-14-23(37)34(3)35-16-20-7-5-6-8-21(20)17-35/h5-10,13,25,30-31H,4,11-12,14-17H2,1-3H3. The van der Waals surface area contributed by atoms with Crippen LogP contribution in [0.25, 0.3) is 11.4 Å². The molecule has 0 spiro atoms. The molecular weight excluding hydrogens is 508 g/mol. The van der Waals surface area contributed by atoms with E-state index in [4.69, 9.17) is 0 Å². The topological polar surface area (TPSA) is 107 Å². The van der Waals surface area contributed by atoms with E-state index in [1.54, 1.807) is 35.2 Å². The third-order valence-electron chi connectivity index (χ3n) is 6.60. The van der Waals surface area contributed by atoms with Gasteiger partial charge in [0.15, 0.2) is 0 Å². The van der Waals surface area contributed by atoms with Crippen LogP contribution in [-0.2, 0) is 22.7 Å². The molecule has 0 unspecified atom stereocenters. The zero-order chi connectivity index (χ0) is 27.9. The summed E-state index contributed by atoms with van der Waals surface area (Å²) in [5.74, 6) is -1.03. The highest BCUT2D eigenvalue weighted by Crippen LogP contribution is 2.27. The van der Waals surface area contributed by atoms with Crippen molar-refractivity contribution in [3.63, 3.8) is 0 Å². The van der Waals surface area contributed by atoms with Crippen molar-refractivity contribution < 1.29 is 22.9 Å². The number of aromatic nitrogens is 2. The lowest BCUT2D eigenvalue weighted by atomic mass is 10.1. The summed E-state index contributed by atoms with van der Waals surface area (Å²) in [6, 6.07) is 13.2. The highest BCUT2D eigenvalue weighted by atomic mass is 19.3. The molecule has 0 radical (unpaired) electrons. The Kier molecular flexibility index (Phi) is 9.33. The van der Waals surface area contributed by atoms with Crippen LogP contribution >= 0.6 is 0 Å². The van der Waals surface area contributed by atoms with Crippen molar-refractivity contribution in [3.8, 4) is 11.4 Å². The minimum absolute atomic E-state index is 0.0123. The van der Waals surface area contributed by atoms with Crippen LogP contribution in [0.15, 0.2) is 47.0 Å². The van der Waals surface area contributed by atoms with E-state index in [2.05, 4.69) is 37.4 Å². The summed E-state index contributed by atoms with van der Waals surface area (Å²) >= 11 is 0. The van der Waals surface area contributed by atoms with E-state index in [1.165, 1.54) is 11.1 Å². The number of amides is 2. The van der Waals surface area contributed by atoms with Gasteiger partial charge in [-0.2, -0.15) is 13.8 Å². The largest absolute Gasteiger partial charge is 0.333 e. The van der Waals surface area contributed by atoms with Crippen molar-refractivity contribution in [2.24, 2.45) is 0 Å². The van der Waals surface area contributed by atoms with Gasteiger partial charge in [-0.25, -0.2) is 5.01 Å². The van der Waals surface area contributed by atoms with E-state index in [-0.39, 0.29) is 30.7 Å². The van der Waals surface area contributed by atoms with Crippen LogP contribution < -0.4 is 15.5 Å². The molecule has 2 amide bonds. The van der Waals surface area contributed by atoms with Gasteiger partial charge in [-0.15, -0.1) is 0 Å². The highest BCUT2D eigenvalue weighted by Gasteiger charge is 2.25. The number of benzene rings is 2. The van der Waals surface area contributed by atoms with Crippen LogP contribution in [0.2, 0.25) is 0 Å². The summed E-state index contributed by atoms with van der Waals surface area (Å²) in [4.78, 5) is 31.4. The number of nitrogens with one attached hydrogen (secondary N) is 2. The number of likely N-dealkylation sites (N-methyl/N-ethyl adjacent to an activating group) is 2. The molecule has 208 valence electrons. The van der Waals surface area contributed by atoms with Gasteiger partial charge in [-0.05, 0) is 48.4 Å². The fraction of sp³-hybridized carbons (Fsp3) is 0.407. The first-order chi connectivity index (χ1) is 18.8. The number of hydrazine groups is 1. The monoisotopic (exact) mass is 541 g/mol. The molecule has 12 heteroatoms. The van der Waals surface area contributed by atoms with Crippen LogP contribution in [0.4, 0.5) is 14.5 Å². The summed E-state index contributed by atoms with van der Waals surface area (Å²) < 4.78 is 30.3. The SMILES string of the molecule is CCNCCN(C(=O)CNCC(=O)N(C)N1Cc2ccccc2C1)c1ccc(-c2noc(C(F)F)n2)cc1C. The number of rotatable bonds is 12. The number of carbonyl (C=O) groups is 2. The van der Waals surface area contributed by atoms with Crippen LogP contribution in [-0.4, -0.2) is 71.7 Å². The number of alkyl halides is 2. The molecule has 1 aliphatic heterocycles. The smallest absolute Gasteiger partial charge is 0.315 e. The molecule has 0 bridgehead atoms. The van der Waals surface area contributed by atoms with Gasteiger partial charge in [0.05, 0.1) is 13.1 Å². The molecule has 0 fully saturated rings. The molecule has 39 heavy (non-hydrogen) atoms. The van der Waals surface area contributed by atoms with E-state index in [1.807, 2.05) is 31.0 Å². The molecule has 10 nitrogen and oxygen atoms in total. The molecule has 0 aliphatic carbocycles. The highest BCUT2D eigenvalue weighted by molar-refractivity contribution is 5.96. The van der Waals surface area contributed by atoms with E-state index in [0.29, 0.717) is 37.4 Å². The Morgan fingerprint density at radius 3 is 2.38 bits per heavy atom. The number of aryl methyl sites for hydroxylation is 1. The summed E-state index contributed by atoms with van der Waals surface area (Å²) in [7, 11) is 1.74. The Bertz CT molecular complexity index is 1270. The molecular formula is C27H33F2N7O3. The Morgan fingerprint density at radius 2 is 1.77 bits per heavy atom. The molecule has 0 atom stereocenters. The Morgan fingerprint density at radius 1 is 1.08 bits per heavy atom. The van der Waals surface area contributed by atoms with Gasteiger partial charge in [0, 0.05) is 44.5 Å². The average molecular weight is 542 g/mol. The molecule has 0 saturated carbocycles. The number of halogens is 2. The molecule has 2 N–H and O–H groups in total. The predicted molar refractivity (Wildman–Crippen MR) is 142 cm³/mol. The first-order valence-corrected chi connectivity index (χ1v) is 12.8. The summed E-state index contributed by atoms with van der Waals surface area (Å²) in [6.07, 6.45) is -2.85. The van der Waals surface area contributed by atoms with Gasteiger partial charge >= 0.3 is 6.43 Å². The van der Waals surface area contributed by atoms with Crippen molar-refractivity contribution in [1.82, 2.24) is 30.8 Å². The Labute approximate surface area is 225 Å². The van der Waals surface area contributed by atoms with E-state index >= 15 is 0 Å². The minimum atomic E-state index is -2.85. The lowest BCUT2D eigenvalue weighted by Crippen LogP contribution is -2.47. The van der Waals surface area contributed by atoms with E-state index in [0.717, 1.165) is 12.1 Å². The molecule has 1 aromatic heterocycles. The number of fused-ring (bicyclic) bond motifs is 1. The molecule has 2 heterocycles. The first kappa shape index (κ1) is 28.3.